The topological polar surface area (TPSA) is 25.8 Å². The Kier molecular flexibility index (Phi) is 3.37. The van der Waals surface area contributed by atoms with Crippen molar-refractivity contribution in [1.29, 1.82) is 0 Å². The quantitative estimate of drug-likeness (QED) is 0.626. The number of aromatic nitrogens is 2. The van der Waals surface area contributed by atoms with Gasteiger partial charge in [-0.25, -0.2) is 9.97 Å². The van der Waals surface area contributed by atoms with Gasteiger partial charge in [0.2, 0.25) is 0 Å². The van der Waals surface area contributed by atoms with E-state index in [0.717, 1.165) is 21.1 Å². The van der Waals surface area contributed by atoms with E-state index in [0.29, 0.717) is 0 Å². The van der Waals surface area contributed by atoms with E-state index in [-0.39, 0.29) is 0 Å². The highest BCUT2D eigenvalue weighted by Crippen LogP contribution is 2.35. The van der Waals surface area contributed by atoms with Crippen LogP contribution in [0.3, 0.4) is 0 Å². The van der Waals surface area contributed by atoms with E-state index < -0.39 is 0 Å². The summed E-state index contributed by atoms with van der Waals surface area (Å²) in [7, 11) is 0. The number of thioether (sulfide) groups is 1. The van der Waals surface area contributed by atoms with Crippen molar-refractivity contribution in [1.82, 2.24) is 9.97 Å². The van der Waals surface area contributed by atoms with Crippen molar-refractivity contribution >= 4 is 49.9 Å². The minimum atomic E-state index is 0.974. The molecule has 90 valence electrons. The van der Waals surface area contributed by atoms with Crippen LogP contribution in [-0.2, 0) is 0 Å². The SMILES string of the molecule is CSc1ccc(-c2ncnc3ccc(Br)cc23)s1. The van der Waals surface area contributed by atoms with Crippen LogP contribution in [0.2, 0.25) is 0 Å². The molecule has 0 saturated carbocycles. The molecule has 0 bridgehead atoms. The van der Waals surface area contributed by atoms with Gasteiger partial charge in [-0.05, 0) is 36.6 Å². The molecular formula is C13H9BrN2S2. The fourth-order valence-corrected chi connectivity index (χ4v) is 3.70. The number of benzene rings is 1. The van der Waals surface area contributed by atoms with Gasteiger partial charge in [0.05, 0.1) is 20.3 Å². The monoisotopic (exact) mass is 336 g/mol. The van der Waals surface area contributed by atoms with E-state index >= 15 is 0 Å². The van der Waals surface area contributed by atoms with Gasteiger partial charge in [0.15, 0.2) is 0 Å². The lowest BCUT2D eigenvalue weighted by Gasteiger charge is -2.03. The maximum absolute atomic E-state index is 4.44. The Balaban J connectivity index is 2.24. The molecule has 0 unspecified atom stereocenters. The molecule has 18 heavy (non-hydrogen) atoms. The van der Waals surface area contributed by atoms with Gasteiger partial charge in [-0.15, -0.1) is 23.1 Å². The summed E-state index contributed by atoms with van der Waals surface area (Å²) >= 11 is 7.02. The van der Waals surface area contributed by atoms with Crippen molar-refractivity contribution in [2.75, 3.05) is 6.26 Å². The highest BCUT2D eigenvalue weighted by atomic mass is 79.9. The van der Waals surface area contributed by atoms with Crippen LogP contribution >= 0.6 is 39.0 Å². The average Bonchev–Trinajstić information content (AvgIpc) is 2.86. The largest absolute Gasteiger partial charge is 0.236 e. The molecule has 0 spiro atoms. The number of thiophene rings is 1. The fourth-order valence-electron chi connectivity index (χ4n) is 1.78. The van der Waals surface area contributed by atoms with E-state index in [1.165, 1.54) is 9.09 Å². The zero-order chi connectivity index (χ0) is 12.5. The third-order valence-corrected chi connectivity index (χ3v) is 5.28. The first-order valence-electron chi connectivity index (χ1n) is 5.32. The predicted molar refractivity (Wildman–Crippen MR) is 82.3 cm³/mol. The van der Waals surface area contributed by atoms with Crippen molar-refractivity contribution in [3.63, 3.8) is 0 Å². The summed E-state index contributed by atoms with van der Waals surface area (Å²) in [6.07, 6.45) is 3.72. The lowest BCUT2D eigenvalue weighted by atomic mass is 10.1. The Hall–Kier alpha value is -0.910. The van der Waals surface area contributed by atoms with Crippen molar-refractivity contribution in [3.05, 3.63) is 41.1 Å². The maximum atomic E-state index is 4.44. The Bertz CT molecular complexity index is 709. The lowest BCUT2D eigenvalue weighted by molar-refractivity contribution is 1.23. The molecular weight excluding hydrogens is 328 g/mol. The molecule has 1 aromatic carbocycles. The molecule has 0 aliphatic carbocycles. The highest BCUT2D eigenvalue weighted by molar-refractivity contribution is 9.10. The van der Waals surface area contributed by atoms with Crippen molar-refractivity contribution in [2.24, 2.45) is 0 Å². The minimum Gasteiger partial charge on any atom is -0.236 e. The number of nitrogens with zero attached hydrogens (tertiary/aromatic N) is 2. The molecule has 0 saturated heterocycles. The maximum Gasteiger partial charge on any atom is 0.116 e. The number of fused-ring (bicyclic) bond motifs is 1. The second-order valence-electron chi connectivity index (χ2n) is 3.71. The standard InChI is InChI=1S/C13H9BrN2S2/c1-17-12-5-4-11(18-12)13-9-6-8(14)2-3-10(9)15-7-16-13/h2-7H,1H3. The lowest BCUT2D eigenvalue weighted by Crippen LogP contribution is -1.86. The zero-order valence-electron chi connectivity index (χ0n) is 9.55. The van der Waals surface area contributed by atoms with Crippen LogP contribution in [0.25, 0.3) is 21.5 Å². The summed E-state index contributed by atoms with van der Waals surface area (Å²) in [4.78, 5) is 9.92. The Labute approximate surface area is 122 Å². The van der Waals surface area contributed by atoms with Crippen LogP contribution in [0.1, 0.15) is 0 Å². The zero-order valence-corrected chi connectivity index (χ0v) is 12.8. The van der Waals surface area contributed by atoms with Gasteiger partial charge in [0.25, 0.3) is 0 Å². The van der Waals surface area contributed by atoms with Crippen LogP contribution in [0.4, 0.5) is 0 Å². The van der Waals surface area contributed by atoms with Crippen LogP contribution in [0, 0.1) is 0 Å². The Morgan fingerprint density at radius 2 is 2.06 bits per heavy atom. The molecule has 0 radical (unpaired) electrons. The fraction of sp³-hybridized carbons (Fsp3) is 0.0769. The van der Waals surface area contributed by atoms with Gasteiger partial charge in [-0.1, -0.05) is 15.9 Å². The van der Waals surface area contributed by atoms with Crippen LogP contribution in [0.5, 0.6) is 0 Å². The third kappa shape index (κ3) is 2.18. The van der Waals surface area contributed by atoms with Crippen molar-refractivity contribution in [2.45, 2.75) is 4.21 Å². The molecule has 0 N–H and O–H groups in total. The summed E-state index contributed by atoms with van der Waals surface area (Å²) in [6, 6.07) is 10.3. The average molecular weight is 337 g/mol. The molecule has 3 aromatic rings. The summed E-state index contributed by atoms with van der Waals surface area (Å²) in [5, 5.41) is 1.08. The van der Waals surface area contributed by atoms with Gasteiger partial charge in [0.1, 0.15) is 6.33 Å². The molecule has 5 heteroatoms. The molecule has 2 heterocycles. The van der Waals surface area contributed by atoms with E-state index in [1.54, 1.807) is 29.4 Å². The third-order valence-electron chi connectivity index (χ3n) is 2.61. The number of hydrogen-bond donors (Lipinski definition) is 0. The summed E-state index contributed by atoms with van der Waals surface area (Å²) in [5.41, 5.74) is 1.98. The van der Waals surface area contributed by atoms with E-state index in [1.807, 2.05) is 12.1 Å². The molecule has 0 fully saturated rings. The van der Waals surface area contributed by atoms with Crippen molar-refractivity contribution < 1.29 is 0 Å². The molecule has 2 aromatic heterocycles. The van der Waals surface area contributed by atoms with Crippen LogP contribution in [0.15, 0.2) is 45.3 Å². The molecule has 0 aliphatic rings. The first-order chi connectivity index (χ1) is 8.78. The van der Waals surface area contributed by atoms with Gasteiger partial charge in [-0.2, -0.15) is 0 Å². The summed E-state index contributed by atoms with van der Waals surface area (Å²) in [5.74, 6) is 0. The molecule has 0 aliphatic heterocycles. The van der Waals surface area contributed by atoms with Gasteiger partial charge in [0, 0.05) is 9.86 Å². The second-order valence-corrected chi connectivity index (χ2v) is 6.81. The number of rotatable bonds is 2. The predicted octanol–water partition coefficient (Wildman–Crippen LogP) is 4.84. The van der Waals surface area contributed by atoms with E-state index in [2.05, 4.69) is 50.4 Å². The second kappa shape index (κ2) is 4.99. The Morgan fingerprint density at radius 1 is 1.17 bits per heavy atom. The van der Waals surface area contributed by atoms with Crippen LogP contribution < -0.4 is 0 Å². The summed E-state index contributed by atoms with van der Waals surface area (Å²) in [6.45, 7) is 0. The highest BCUT2D eigenvalue weighted by Gasteiger charge is 2.09. The van der Waals surface area contributed by atoms with Gasteiger partial charge < -0.3 is 0 Å². The summed E-state index contributed by atoms with van der Waals surface area (Å²) < 4.78 is 2.35. The molecule has 3 rings (SSSR count). The first kappa shape index (κ1) is 12.1. The van der Waals surface area contributed by atoms with Crippen molar-refractivity contribution in [3.8, 4) is 10.6 Å². The minimum absolute atomic E-state index is 0.974. The van der Waals surface area contributed by atoms with E-state index in [9.17, 15) is 0 Å². The smallest absolute Gasteiger partial charge is 0.116 e. The normalized spacial score (nSPS) is 11.0. The number of hydrogen-bond acceptors (Lipinski definition) is 4. The molecule has 0 amide bonds. The first-order valence-corrected chi connectivity index (χ1v) is 8.16. The van der Waals surface area contributed by atoms with Gasteiger partial charge >= 0.3 is 0 Å². The van der Waals surface area contributed by atoms with E-state index in [4.69, 9.17) is 0 Å². The molecule has 2 nitrogen and oxygen atoms in total. The van der Waals surface area contributed by atoms with Gasteiger partial charge in [-0.3, -0.25) is 0 Å². The number of halogens is 1. The van der Waals surface area contributed by atoms with Crippen LogP contribution in [-0.4, -0.2) is 16.2 Å². The Morgan fingerprint density at radius 3 is 2.83 bits per heavy atom. The molecule has 0 atom stereocenters.